The van der Waals surface area contributed by atoms with E-state index in [4.69, 9.17) is 32.9 Å². The van der Waals surface area contributed by atoms with E-state index in [2.05, 4.69) is 51.7 Å². The molecule has 9 heteroatoms. The Morgan fingerprint density at radius 1 is 0.875 bits per heavy atom. The number of nitrogens with zero attached hydrogens (tertiary/aromatic N) is 4. The van der Waals surface area contributed by atoms with E-state index < -0.39 is 11.1 Å². The second-order valence-electron chi connectivity index (χ2n) is 14.5. The summed E-state index contributed by atoms with van der Waals surface area (Å²) in [5, 5.41) is 1.23. The highest BCUT2D eigenvalue weighted by Crippen LogP contribution is 2.54. The SMILES string of the molecule is CCOc1cc(C(C)(C)C)ccc1C1=N[C@@](C)(c2ccc(Cl)cc2)[C@@](C)(c2ccc(Cl)cc2)N1C(=O)N1CCN(CC(=O)C(C)C)CC1. The van der Waals surface area contributed by atoms with Crippen LogP contribution in [0.1, 0.15) is 77.6 Å². The lowest BCUT2D eigenvalue weighted by Gasteiger charge is -2.47. The van der Waals surface area contributed by atoms with Crippen LogP contribution in [0.15, 0.2) is 71.7 Å². The van der Waals surface area contributed by atoms with Crippen LogP contribution in [0, 0.1) is 5.92 Å². The second-order valence-corrected chi connectivity index (χ2v) is 15.4. The molecular formula is C39H48Cl2N4O3. The lowest BCUT2D eigenvalue weighted by Crippen LogP contribution is -2.61. The minimum Gasteiger partial charge on any atom is -0.493 e. The zero-order valence-electron chi connectivity index (χ0n) is 29.4. The van der Waals surface area contributed by atoms with Crippen molar-refractivity contribution in [3.05, 3.63) is 99.0 Å². The second kappa shape index (κ2) is 13.9. The minimum absolute atomic E-state index is 0.0251. The molecule has 3 aromatic rings. The highest BCUT2D eigenvalue weighted by Gasteiger charge is 2.60. The molecule has 0 bridgehead atoms. The fourth-order valence-electron chi connectivity index (χ4n) is 6.66. The van der Waals surface area contributed by atoms with Gasteiger partial charge in [0, 0.05) is 42.1 Å². The predicted octanol–water partition coefficient (Wildman–Crippen LogP) is 8.55. The van der Waals surface area contributed by atoms with Gasteiger partial charge in [0.2, 0.25) is 0 Å². The van der Waals surface area contributed by atoms with Crippen molar-refractivity contribution in [1.82, 2.24) is 14.7 Å². The molecule has 48 heavy (non-hydrogen) atoms. The Morgan fingerprint density at radius 2 is 1.44 bits per heavy atom. The van der Waals surface area contributed by atoms with Gasteiger partial charge in [-0.3, -0.25) is 19.6 Å². The number of aliphatic imine (C=N–C) groups is 1. The van der Waals surface area contributed by atoms with Crippen molar-refractivity contribution >= 4 is 40.9 Å². The summed E-state index contributed by atoms with van der Waals surface area (Å²) < 4.78 is 6.30. The molecule has 0 aromatic heterocycles. The monoisotopic (exact) mass is 690 g/mol. The summed E-state index contributed by atoms with van der Waals surface area (Å²) in [6.45, 7) is 19.6. The lowest BCUT2D eigenvalue weighted by atomic mass is 9.71. The van der Waals surface area contributed by atoms with Gasteiger partial charge in [0.05, 0.1) is 18.7 Å². The van der Waals surface area contributed by atoms with Crippen LogP contribution in [0.4, 0.5) is 4.79 Å². The Bertz CT molecular complexity index is 1670. The summed E-state index contributed by atoms with van der Waals surface area (Å²) in [7, 11) is 0. The first kappa shape index (κ1) is 35.9. The van der Waals surface area contributed by atoms with E-state index in [1.165, 1.54) is 0 Å². The summed E-state index contributed by atoms with van der Waals surface area (Å²) in [6.07, 6.45) is 0. The summed E-state index contributed by atoms with van der Waals surface area (Å²) in [4.78, 5) is 39.1. The summed E-state index contributed by atoms with van der Waals surface area (Å²) in [5.74, 6) is 1.40. The molecule has 2 atom stereocenters. The number of Topliss-reactive ketones (excluding diaryl/α,β-unsaturated/α-hetero) is 1. The quantitative estimate of drug-likeness (QED) is 0.238. The van der Waals surface area contributed by atoms with E-state index in [0.717, 1.165) is 22.3 Å². The van der Waals surface area contributed by atoms with Crippen LogP contribution in [0.25, 0.3) is 0 Å². The van der Waals surface area contributed by atoms with Gasteiger partial charge in [-0.15, -0.1) is 0 Å². The fraction of sp³-hybridized carbons (Fsp3) is 0.462. The fourth-order valence-corrected chi connectivity index (χ4v) is 6.91. The van der Waals surface area contributed by atoms with Gasteiger partial charge < -0.3 is 9.64 Å². The molecule has 2 aliphatic rings. The van der Waals surface area contributed by atoms with Crippen molar-refractivity contribution in [2.75, 3.05) is 39.3 Å². The Morgan fingerprint density at radius 3 is 1.96 bits per heavy atom. The Labute approximate surface area is 295 Å². The number of halogens is 2. The number of benzene rings is 3. The van der Waals surface area contributed by atoms with Gasteiger partial charge in [0.15, 0.2) is 0 Å². The van der Waals surface area contributed by atoms with Crippen LogP contribution in [0.3, 0.4) is 0 Å². The predicted molar refractivity (Wildman–Crippen MR) is 196 cm³/mol. The topological polar surface area (TPSA) is 65.5 Å². The molecule has 1 fully saturated rings. The Kier molecular flexibility index (Phi) is 10.4. The molecule has 0 unspecified atom stereocenters. The molecule has 0 N–H and O–H groups in total. The van der Waals surface area contributed by atoms with Crippen LogP contribution < -0.4 is 4.74 Å². The average Bonchev–Trinajstić information content (AvgIpc) is 3.29. The Balaban J connectivity index is 1.69. The maximum Gasteiger partial charge on any atom is 0.326 e. The molecular weight excluding hydrogens is 643 g/mol. The van der Waals surface area contributed by atoms with Gasteiger partial charge >= 0.3 is 6.03 Å². The number of carbonyl (C=O) groups is 2. The van der Waals surface area contributed by atoms with Gasteiger partial charge in [-0.1, -0.05) is 88.2 Å². The largest absolute Gasteiger partial charge is 0.493 e. The van der Waals surface area contributed by atoms with Crippen molar-refractivity contribution in [1.29, 1.82) is 0 Å². The van der Waals surface area contributed by atoms with Gasteiger partial charge in [-0.05, 0) is 79.3 Å². The van der Waals surface area contributed by atoms with Crippen LogP contribution in [0.5, 0.6) is 5.75 Å². The van der Waals surface area contributed by atoms with E-state index in [-0.39, 0.29) is 23.1 Å². The smallest absolute Gasteiger partial charge is 0.326 e. The minimum atomic E-state index is -0.991. The molecule has 2 amide bonds. The lowest BCUT2D eigenvalue weighted by molar-refractivity contribution is -0.123. The Hall–Kier alpha value is -3.39. The molecule has 0 aliphatic carbocycles. The first-order chi connectivity index (χ1) is 22.6. The van der Waals surface area contributed by atoms with Crippen LogP contribution >= 0.6 is 23.2 Å². The highest BCUT2D eigenvalue weighted by atomic mass is 35.5. The third kappa shape index (κ3) is 6.74. The van der Waals surface area contributed by atoms with E-state index in [9.17, 15) is 4.79 Å². The number of urea groups is 1. The average molecular weight is 692 g/mol. The van der Waals surface area contributed by atoms with Crippen molar-refractivity contribution in [3.63, 3.8) is 0 Å². The molecule has 0 saturated carbocycles. The number of ketones is 1. The molecule has 2 aliphatic heterocycles. The van der Waals surface area contributed by atoms with Gasteiger partial charge in [0.1, 0.15) is 28.4 Å². The van der Waals surface area contributed by atoms with Crippen LogP contribution in [-0.4, -0.2) is 71.7 Å². The van der Waals surface area contributed by atoms with E-state index in [1.54, 1.807) is 0 Å². The molecule has 256 valence electrons. The maximum atomic E-state index is 15.1. The zero-order valence-corrected chi connectivity index (χ0v) is 31.0. The zero-order chi connectivity index (χ0) is 35.0. The highest BCUT2D eigenvalue weighted by molar-refractivity contribution is 6.30. The molecule has 7 nitrogen and oxygen atoms in total. The van der Waals surface area contributed by atoms with Gasteiger partial charge in [-0.25, -0.2) is 4.79 Å². The molecule has 3 aromatic carbocycles. The van der Waals surface area contributed by atoms with Gasteiger partial charge in [-0.2, -0.15) is 0 Å². The van der Waals surface area contributed by atoms with E-state index in [0.29, 0.717) is 61.0 Å². The number of ether oxygens (including phenoxy) is 1. The normalized spacial score (nSPS) is 21.9. The first-order valence-corrected chi connectivity index (χ1v) is 17.6. The van der Waals surface area contributed by atoms with Crippen molar-refractivity contribution in [3.8, 4) is 5.75 Å². The first-order valence-electron chi connectivity index (χ1n) is 16.8. The standard InChI is InChI=1S/C39H48Cl2N4O3/c1-9-48-34-24-29(37(4,5)6)14-19-32(34)35-42-38(7,27-10-15-30(40)16-11-27)39(8,28-12-17-31(41)18-13-28)45(35)36(47)44-22-20-43(21-23-44)25-33(46)26(2)3/h10-19,24,26H,9,20-23,25H2,1-8H3/t38-,39+/m0/s1. The summed E-state index contributed by atoms with van der Waals surface area (Å²) in [5.41, 5.74) is 1.64. The number of amides is 2. The molecule has 1 saturated heterocycles. The van der Waals surface area contributed by atoms with Crippen molar-refractivity contribution < 1.29 is 14.3 Å². The van der Waals surface area contributed by atoms with Crippen molar-refractivity contribution in [2.45, 2.75) is 71.9 Å². The van der Waals surface area contributed by atoms with E-state index in [1.807, 2.05) is 85.2 Å². The molecule has 0 radical (unpaired) electrons. The summed E-state index contributed by atoms with van der Waals surface area (Å²) in [6, 6.07) is 21.5. The number of hydrogen-bond acceptors (Lipinski definition) is 5. The number of amidine groups is 1. The van der Waals surface area contributed by atoms with Gasteiger partial charge in [0.25, 0.3) is 0 Å². The van der Waals surface area contributed by atoms with Crippen molar-refractivity contribution in [2.24, 2.45) is 10.9 Å². The van der Waals surface area contributed by atoms with Crippen LogP contribution in [0.2, 0.25) is 10.0 Å². The molecule has 2 heterocycles. The molecule has 5 rings (SSSR count). The third-order valence-corrected chi connectivity index (χ3v) is 10.5. The number of carbonyl (C=O) groups excluding carboxylic acids is 2. The summed E-state index contributed by atoms with van der Waals surface area (Å²) >= 11 is 12.8. The third-order valence-electron chi connectivity index (χ3n) is 9.99. The van der Waals surface area contributed by atoms with E-state index >= 15 is 4.79 Å². The maximum absolute atomic E-state index is 15.1. The number of hydrogen-bond donors (Lipinski definition) is 0. The molecule has 0 spiro atoms. The number of piperazine rings is 1. The van der Waals surface area contributed by atoms with Crippen LogP contribution in [-0.2, 0) is 21.3 Å². The number of rotatable bonds is 8.